The maximum atomic E-state index is 14.3. The fraction of sp³-hybridized carbons (Fsp3) is 0.353. The third-order valence-electron chi connectivity index (χ3n) is 4.03. The molecule has 9 heteroatoms. The third kappa shape index (κ3) is 3.56. The summed E-state index contributed by atoms with van der Waals surface area (Å²) in [5.74, 6) is -5.74. The van der Waals surface area contributed by atoms with Crippen molar-refractivity contribution in [3.05, 3.63) is 47.5 Å². The van der Waals surface area contributed by atoms with E-state index in [1.807, 2.05) is 0 Å². The Balaban J connectivity index is 1.78. The molecule has 1 aromatic carbocycles. The molecule has 2 aromatic rings. The second kappa shape index (κ2) is 7.59. The molecule has 3 rings (SSSR count). The molecule has 1 aliphatic heterocycles. The summed E-state index contributed by atoms with van der Waals surface area (Å²) < 4.78 is 51.7. The minimum atomic E-state index is -1.47. The number of methoxy groups -OCH3 is 1. The molecule has 1 saturated heterocycles. The highest BCUT2D eigenvalue weighted by atomic mass is 19.2. The Hall–Kier alpha value is -2.84. The van der Waals surface area contributed by atoms with Gasteiger partial charge in [-0.05, 0) is 25.0 Å². The number of ether oxygens (including phenoxy) is 2. The van der Waals surface area contributed by atoms with Crippen molar-refractivity contribution >= 4 is 5.91 Å². The molecule has 0 spiro atoms. The Morgan fingerprint density at radius 2 is 1.96 bits per heavy atom. The average molecular weight is 367 g/mol. The van der Waals surface area contributed by atoms with Gasteiger partial charge in [-0.15, -0.1) is 0 Å². The van der Waals surface area contributed by atoms with Crippen LogP contribution in [-0.2, 0) is 0 Å². The molecule has 1 atom stereocenters. The molecule has 0 bridgehead atoms. The first-order valence-corrected chi connectivity index (χ1v) is 7.95. The van der Waals surface area contributed by atoms with Crippen molar-refractivity contribution in [3.8, 4) is 11.8 Å². The molecule has 1 aromatic heterocycles. The molecule has 1 fully saturated rings. The van der Waals surface area contributed by atoms with Crippen molar-refractivity contribution < 1.29 is 27.4 Å². The smallest absolute Gasteiger partial charge is 0.316 e. The van der Waals surface area contributed by atoms with Crippen molar-refractivity contribution in [2.24, 2.45) is 0 Å². The summed E-state index contributed by atoms with van der Waals surface area (Å²) in [7, 11) is 1.000. The maximum absolute atomic E-state index is 14.3. The van der Waals surface area contributed by atoms with E-state index in [9.17, 15) is 18.0 Å². The van der Waals surface area contributed by atoms with Crippen LogP contribution in [0.2, 0.25) is 0 Å². The lowest BCUT2D eigenvalue weighted by molar-refractivity contribution is 0.0510. The maximum Gasteiger partial charge on any atom is 0.316 e. The van der Waals surface area contributed by atoms with Crippen molar-refractivity contribution in [2.75, 3.05) is 20.2 Å². The second-order valence-corrected chi connectivity index (χ2v) is 5.73. The summed E-state index contributed by atoms with van der Waals surface area (Å²) in [5, 5.41) is 0. The average Bonchev–Trinajstić information content (AvgIpc) is 2.66. The number of carbonyl (C=O) groups excluding carboxylic acids is 1. The molecule has 138 valence electrons. The van der Waals surface area contributed by atoms with Crippen LogP contribution in [0.15, 0.2) is 24.5 Å². The number of amides is 1. The Labute approximate surface area is 147 Å². The fourth-order valence-electron chi connectivity index (χ4n) is 2.80. The van der Waals surface area contributed by atoms with Gasteiger partial charge in [0.25, 0.3) is 5.91 Å². The summed E-state index contributed by atoms with van der Waals surface area (Å²) in [5.41, 5.74) is -0.586. The van der Waals surface area contributed by atoms with Gasteiger partial charge in [0.1, 0.15) is 6.10 Å². The van der Waals surface area contributed by atoms with Crippen LogP contribution in [0.1, 0.15) is 23.2 Å². The standard InChI is InChI=1S/C17H16F3N3O3/c1-25-15-13(19)11(8-12(18)14(15)20)16(24)23-7-2-4-10(9-23)26-17-21-5-3-6-22-17/h3,5-6,8,10H,2,4,7,9H2,1H3. The van der Waals surface area contributed by atoms with Gasteiger partial charge in [0.05, 0.1) is 19.2 Å². The Morgan fingerprint density at radius 3 is 2.65 bits per heavy atom. The van der Waals surface area contributed by atoms with Crippen LogP contribution in [0.25, 0.3) is 0 Å². The highest BCUT2D eigenvalue weighted by molar-refractivity contribution is 5.95. The number of piperidine rings is 1. The van der Waals surface area contributed by atoms with Gasteiger partial charge in [0, 0.05) is 18.9 Å². The van der Waals surface area contributed by atoms with Crippen LogP contribution in [0.5, 0.6) is 11.8 Å². The zero-order valence-electron chi connectivity index (χ0n) is 13.9. The Morgan fingerprint density at radius 1 is 1.23 bits per heavy atom. The molecular weight excluding hydrogens is 351 g/mol. The summed E-state index contributed by atoms with van der Waals surface area (Å²) in [6.07, 6.45) is 3.93. The molecule has 1 unspecified atom stereocenters. The summed E-state index contributed by atoms with van der Waals surface area (Å²) in [6, 6.07) is 2.36. The van der Waals surface area contributed by atoms with Gasteiger partial charge in [0.15, 0.2) is 17.4 Å². The first-order valence-electron chi connectivity index (χ1n) is 7.95. The minimum absolute atomic E-state index is 0.151. The van der Waals surface area contributed by atoms with Gasteiger partial charge in [0.2, 0.25) is 5.82 Å². The fourth-order valence-corrected chi connectivity index (χ4v) is 2.80. The first-order chi connectivity index (χ1) is 12.5. The molecule has 2 heterocycles. The largest absolute Gasteiger partial charge is 0.491 e. The highest BCUT2D eigenvalue weighted by Crippen LogP contribution is 2.28. The number of aromatic nitrogens is 2. The van der Waals surface area contributed by atoms with Crippen molar-refractivity contribution in [3.63, 3.8) is 0 Å². The van der Waals surface area contributed by atoms with Gasteiger partial charge in [-0.3, -0.25) is 4.79 Å². The van der Waals surface area contributed by atoms with E-state index in [0.717, 1.165) is 7.11 Å². The Bertz CT molecular complexity index is 805. The molecule has 0 saturated carbocycles. The lowest BCUT2D eigenvalue weighted by Crippen LogP contribution is -2.44. The highest BCUT2D eigenvalue weighted by Gasteiger charge is 2.30. The quantitative estimate of drug-likeness (QED) is 0.778. The number of rotatable bonds is 4. The third-order valence-corrected chi connectivity index (χ3v) is 4.03. The SMILES string of the molecule is COc1c(F)c(F)cc(C(=O)N2CCCC(Oc3ncccn3)C2)c1F. The lowest BCUT2D eigenvalue weighted by atomic mass is 10.1. The van der Waals surface area contributed by atoms with Crippen molar-refractivity contribution in [1.82, 2.24) is 14.9 Å². The van der Waals surface area contributed by atoms with Crippen LogP contribution in [0, 0.1) is 17.5 Å². The molecule has 0 N–H and O–H groups in total. The first kappa shape index (κ1) is 18.0. The van der Waals surface area contributed by atoms with E-state index in [1.54, 1.807) is 6.07 Å². The van der Waals surface area contributed by atoms with Gasteiger partial charge in [-0.2, -0.15) is 4.39 Å². The molecule has 0 aliphatic carbocycles. The number of hydrogen-bond donors (Lipinski definition) is 0. The topological polar surface area (TPSA) is 64.5 Å². The number of benzene rings is 1. The van der Waals surface area contributed by atoms with E-state index in [0.29, 0.717) is 25.5 Å². The molecule has 1 aliphatic rings. The monoisotopic (exact) mass is 367 g/mol. The zero-order valence-corrected chi connectivity index (χ0v) is 13.9. The van der Waals surface area contributed by atoms with Crippen LogP contribution in [0.3, 0.4) is 0 Å². The summed E-state index contributed by atoms with van der Waals surface area (Å²) in [4.78, 5) is 21.8. The molecule has 1 amide bonds. The van der Waals surface area contributed by atoms with Crippen molar-refractivity contribution in [2.45, 2.75) is 18.9 Å². The summed E-state index contributed by atoms with van der Waals surface area (Å²) in [6.45, 7) is 0.493. The van der Waals surface area contributed by atoms with Crippen molar-refractivity contribution in [1.29, 1.82) is 0 Å². The van der Waals surface area contributed by atoms with E-state index >= 15 is 0 Å². The van der Waals surface area contributed by atoms with Gasteiger partial charge < -0.3 is 14.4 Å². The number of carbonyl (C=O) groups is 1. The van der Waals surface area contributed by atoms with Crippen LogP contribution in [-0.4, -0.2) is 47.1 Å². The number of likely N-dealkylation sites (tertiary alicyclic amines) is 1. The number of hydrogen-bond acceptors (Lipinski definition) is 5. The minimum Gasteiger partial charge on any atom is -0.491 e. The lowest BCUT2D eigenvalue weighted by Gasteiger charge is -2.32. The van der Waals surface area contributed by atoms with Gasteiger partial charge >= 0.3 is 6.01 Å². The number of halogens is 3. The van der Waals surface area contributed by atoms with Gasteiger partial charge in [-0.25, -0.2) is 18.7 Å². The number of nitrogens with zero attached hydrogens (tertiary/aromatic N) is 3. The van der Waals surface area contributed by atoms with Crippen LogP contribution in [0.4, 0.5) is 13.2 Å². The Kier molecular flexibility index (Phi) is 5.24. The van der Waals surface area contributed by atoms with Gasteiger partial charge in [-0.1, -0.05) is 0 Å². The van der Waals surface area contributed by atoms with E-state index < -0.39 is 34.7 Å². The predicted octanol–water partition coefficient (Wildman–Crippen LogP) is 2.59. The molecule has 6 nitrogen and oxygen atoms in total. The second-order valence-electron chi connectivity index (χ2n) is 5.73. The molecule has 0 radical (unpaired) electrons. The van der Waals surface area contributed by atoms with E-state index in [2.05, 4.69) is 14.7 Å². The van der Waals surface area contributed by atoms with E-state index in [4.69, 9.17) is 4.74 Å². The van der Waals surface area contributed by atoms with E-state index in [1.165, 1.54) is 17.3 Å². The molecule has 26 heavy (non-hydrogen) atoms. The molecular formula is C17H16F3N3O3. The summed E-state index contributed by atoms with van der Waals surface area (Å²) >= 11 is 0. The normalized spacial score (nSPS) is 17.1. The van der Waals surface area contributed by atoms with Crippen LogP contribution >= 0.6 is 0 Å². The van der Waals surface area contributed by atoms with Crippen LogP contribution < -0.4 is 9.47 Å². The zero-order chi connectivity index (χ0) is 18.7. The van der Waals surface area contributed by atoms with E-state index in [-0.39, 0.29) is 18.7 Å². The predicted molar refractivity (Wildman–Crippen MR) is 84.5 cm³/mol.